The van der Waals surface area contributed by atoms with Crippen LogP contribution in [0.15, 0.2) is 5.16 Å². The molecule has 7 heteroatoms. The van der Waals surface area contributed by atoms with Crippen LogP contribution in [0, 0.1) is 0 Å². The minimum Gasteiger partial charge on any atom is -0.385 e. The van der Waals surface area contributed by atoms with Crippen molar-refractivity contribution in [3.05, 3.63) is 5.82 Å². The summed E-state index contributed by atoms with van der Waals surface area (Å²) in [6.45, 7) is 6.74. The fourth-order valence-corrected chi connectivity index (χ4v) is 3.97. The van der Waals surface area contributed by atoms with E-state index < -0.39 is 0 Å². The molecule has 1 aliphatic heterocycles. The number of methoxy groups -OCH3 is 1. The molecule has 0 spiro atoms. The van der Waals surface area contributed by atoms with Gasteiger partial charge in [0.05, 0.1) is 5.75 Å². The maximum atomic E-state index is 12.5. The zero-order chi connectivity index (χ0) is 17.4. The van der Waals surface area contributed by atoms with Crippen LogP contribution < -0.4 is 0 Å². The van der Waals surface area contributed by atoms with Crippen LogP contribution in [0.1, 0.15) is 51.8 Å². The Kier molecular flexibility index (Phi) is 8.05. The number of rotatable bonds is 9. The van der Waals surface area contributed by atoms with Gasteiger partial charge in [0.1, 0.15) is 5.82 Å². The zero-order valence-corrected chi connectivity index (χ0v) is 16.0. The van der Waals surface area contributed by atoms with Crippen molar-refractivity contribution in [3.63, 3.8) is 0 Å². The van der Waals surface area contributed by atoms with E-state index in [2.05, 4.69) is 28.6 Å². The average molecular weight is 355 g/mol. The van der Waals surface area contributed by atoms with E-state index in [1.165, 1.54) is 18.2 Å². The second kappa shape index (κ2) is 10.0. The van der Waals surface area contributed by atoms with Crippen molar-refractivity contribution in [2.75, 3.05) is 26.0 Å². The largest absolute Gasteiger partial charge is 0.385 e. The van der Waals surface area contributed by atoms with Crippen LogP contribution in [0.4, 0.5) is 0 Å². The standard InChI is InChI=1S/C17H30N4O2S/c1-4-8-15-18-19-17(21(15)11-7-12-23-3)24-13-16(22)20-10-6-5-9-14(20)2/h14H,4-13H2,1-3H3/t14-/m1/s1. The summed E-state index contributed by atoms with van der Waals surface area (Å²) in [5, 5.41) is 9.48. The van der Waals surface area contributed by atoms with Crippen molar-refractivity contribution in [1.82, 2.24) is 19.7 Å². The molecule has 1 amide bonds. The topological polar surface area (TPSA) is 60.2 Å². The van der Waals surface area contributed by atoms with Crippen molar-refractivity contribution in [2.24, 2.45) is 0 Å². The number of carbonyl (C=O) groups excluding carboxylic acids is 1. The molecular weight excluding hydrogens is 324 g/mol. The molecule has 6 nitrogen and oxygen atoms in total. The summed E-state index contributed by atoms with van der Waals surface area (Å²) in [4.78, 5) is 14.5. The van der Waals surface area contributed by atoms with Crippen LogP contribution in [-0.4, -0.2) is 57.6 Å². The van der Waals surface area contributed by atoms with Gasteiger partial charge in [0.25, 0.3) is 0 Å². The Hall–Kier alpha value is -1.08. The van der Waals surface area contributed by atoms with Crippen molar-refractivity contribution >= 4 is 17.7 Å². The van der Waals surface area contributed by atoms with E-state index in [0.29, 0.717) is 11.8 Å². The highest BCUT2D eigenvalue weighted by molar-refractivity contribution is 7.99. The quantitative estimate of drug-likeness (QED) is 0.504. The minimum absolute atomic E-state index is 0.218. The van der Waals surface area contributed by atoms with Gasteiger partial charge in [-0.25, -0.2) is 0 Å². The number of amides is 1. The van der Waals surface area contributed by atoms with Crippen molar-refractivity contribution in [1.29, 1.82) is 0 Å². The summed E-state index contributed by atoms with van der Waals surface area (Å²) in [5.74, 6) is 1.67. The first kappa shape index (κ1) is 19.2. The number of thioether (sulfide) groups is 1. The molecule has 0 radical (unpaired) electrons. The molecular formula is C17H30N4O2S. The van der Waals surface area contributed by atoms with E-state index in [1.54, 1.807) is 7.11 Å². The van der Waals surface area contributed by atoms with E-state index in [4.69, 9.17) is 4.74 Å². The van der Waals surface area contributed by atoms with Crippen LogP contribution in [-0.2, 0) is 22.5 Å². The Bertz CT molecular complexity index is 521. The highest BCUT2D eigenvalue weighted by atomic mass is 32.2. The highest BCUT2D eigenvalue weighted by Gasteiger charge is 2.23. The van der Waals surface area contributed by atoms with E-state index >= 15 is 0 Å². The Morgan fingerprint density at radius 2 is 2.21 bits per heavy atom. The summed E-state index contributed by atoms with van der Waals surface area (Å²) in [5.41, 5.74) is 0. The Morgan fingerprint density at radius 1 is 1.38 bits per heavy atom. The van der Waals surface area contributed by atoms with Crippen molar-refractivity contribution in [3.8, 4) is 0 Å². The molecule has 1 aromatic rings. The molecule has 24 heavy (non-hydrogen) atoms. The summed E-state index contributed by atoms with van der Waals surface area (Å²) >= 11 is 1.51. The fraction of sp³-hybridized carbons (Fsp3) is 0.824. The highest BCUT2D eigenvalue weighted by Crippen LogP contribution is 2.22. The van der Waals surface area contributed by atoms with Gasteiger partial charge in [-0.05, 0) is 39.0 Å². The first-order chi connectivity index (χ1) is 11.7. The van der Waals surface area contributed by atoms with Gasteiger partial charge in [0.2, 0.25) is 5.91 Å². The Balaban J connectivity index is 1.96. The average Bonchev–Trinajstić information content (AvgIpc) is 2.96. The SMILES string of the molecule is CCCc1nnc(SCC(=O)N2CCCC[C@H]2C)n1CCCOC. The number of piperidine rings is 1. The lowest BCUT2D eigenvalue weighted by atomic mass is 10.0. The molecule has 1 aromatic heterocycles. The molecule has 1 fully saturated rings. The number of carbonyl (C=O) groups is 1. The second-order valence-electron chi connectivity index (χ2n) is 6.37. The van der Waals surface area contributed by atoms with Crippen LogP contribution in [0.25, 0.3) is 0 Å². The third kappa shape index (κ3) is 5.21. The van der Waals surface area contributed by atoms with Crippen molar-refractivity contribution < 1.29 is 9.53 Å². The van der Waals surface area contributed by atoms with E-state index in [-0.39, 0.29) is 5.91 Å². The third-order valence-electron chi connectivity index (χ3n) is 4.45. The normalized spacial score (nSPS) is 18.1. The minimum atomic E-state index is 0.218. The van der Waals surface area contributed by atoms with E-state index in [1.807, 2.05) is 4.90 Å². The molecule has 0 aromatic carbocycles. The number of hydrogen-bond donors (Lipinski definition) is 0. The maximum absolute atomic E-state index is 12.5. The van der Waals surface area contributed by atoms with E-state index in [0.717, 1.165) is 62.8 Å². The number of likely N-dealkylation sites (tertiary alicyclic amines) is 1. The molecule has 2 heterocycles. The van der Waals surface area contributed by atoms with Gasteiger partial charge in [0.15, 0.2) is 5.16 Å². The monoisotopic (exact) mass is 354 g/mol. The molecule has 0 N–H and O–H groups in total. The third-order valence-corrected chi connectivity index (χ3v) is 5.40. The number of hydrogen-bond acceptors (Lipinski definition) is 5. The van der Waals surface area contributed by atoms with Crippen LogP contribution in [0.5, 0.6) is 0 Å². The maximum Gasteiger partial charge on any atom is 0.233 e. The lowest BCUT2D eigenvalue weighted by Crippen LogP contribution is -2.43. The molecule has 1 aliphatic rings. The molecule has 136 valence electrons. The predicted octanol–water partition coefficient (Wildman–Crippen LogP) is 2.76. The summed E-state index contributed by atoms with van der Waals surface area (Å²) < 4.78 is 7.30. The van der Waals surface area contributed by atoms with Gasteiger partial charge in [-0.3, -0.25) is 4.79 Å². The van der Waals surface area contributed by atoms with Gasteiger partial charge < -0.3 is 14.2 Å². The van der Waals surface area contributed by atoms with Crippen LogP contribution in [0.3, 0.4) is 0 Å². The number of aromatic nitrogens is 3. The van der Waals surface area contributed by atoms with Gasteiger partial charge in [0, 0.05) is 39.3 Å². The summed E-state index contributed by atoms with van der Waals surface area (Å²) in [6.07, 6.45) is 6.34. The number of nitrogens with zero attached hydrogens (tertiary/aromatic N) is 4. The van der Waals surface area contributed by atoms with Crippen molar-refractivity contribution in [2.45, 2.75) is 70.1 Å². The molecule has 2 rings (SSSR count). The smallest absolute Gasteiger partial charge is 0.233 e. The lowest BCUT2D eigenvalue weighted by molar-refractivity contribution is -0.131. The number of aryl methyl sites for hydroxylation is 1. The van der Waals surface area contributed by atoms with Gasteiger partial charge in [-0.1, -0.05) is 18.7 Å². The lowest BCUT2D eigenvalue weighted by Gasteiger charge is -2.33. The van der Waals surface area contributed by atoms with Gasteiger partial charge >= 0.3 is 0 Å². The zero-order valence-electron chi connectivity index (χ0n) is 15.2. The first-order valence-corrected chi connectivity index (χ1v) is 9.99. The molecule has 1 saturated heterocycles. The fourth-order valence-electron chi connectivity index (χ4n) is 3.10. The molecule has 1 atom stereocenters. The Morgan fingerprint density at radius 3 is 2.92 bits per heavy atom. The molecule has 0 bridgehead atoms. The molecule has 0 saturated carbocycles. The summed E-state index contributed by atoms with van der Waals surface area (Å²) in [7, 11) is 1.72. The first-order valence-electron chi connectivity index (χ1n) is 9.00. The summed E-state index contributed by atoms with van der Waals surface area (Å²) in [6, 6.07) is 0.363. The number of ether oxygens (including phenoxy) is 1. The van der Waals surface area contributed by atoms with Gasteiger partial charge in [-0.2, -0.15) is 0 Å². The van der Waals surface area contributed by atoms with Crippen LogP contribution in [0.2, 0.25) is 0 Å². The second-order valence-corrected chi connectivity index (χ2v) is 7.31. The predicted molar refractivity (Wildman–Crippen MR) is 96.3 cm³/mol. The van der Waals surface area contributed by atoms with E-state index in [9.17, 15) is 4.79 Å². The van der Waals surface area contributed by atoms with Crippen LogP contribution >= 0.6 is 11.8 Å². The molecule has 0 aliphatic carbocycles. The Labute approximate surface area is 149 Å². The molecule has 0 unspecified atom stereocenters. The van der Waals surface area contributed by atoms with Gasteiger partial charge in [-0.15, -0.1) is 10.2 Å².